The number of fused-ring (bicyclic) bond motifs is 1. The molecule has 0 aliphatic carbocycles. The second-order valence-corrected chi connectivity index (χ2v) is 6.61. The lowest BCUT2D eigenvalue weighted by Crippen LogP contribution is -2.08. The van der Waals surface area contributed by atoms with Crippen molar-refractivity contribution in [3.8, 4) is 0 Å². The normalized spacial score (nSPS) is 14.1. The number of benzene rings is 1. The van der Waals surface area contributed by atoms with Crippen molar-refractivity contribution < 1.29 is 4.42 Å². The van der Waals surface area contributed by atoms with Gasteiger partial charge in [-0.3, -0.25) is 4.98 Å². The zero-order valence-corrected chi connectivity index (χ0v) is 11.8. The molecule has 1 heterocycles. The van der Waals surface area contributed by atoms with E-state index in [9.17, 15) is 4.79 Å². The fourth-order valence-electron chi connectivity index (χ4n) is 1.81. The van der Waals surface area contributed by atoms with Gasteiger partial charge in [0, 0.05) is 4.83 Å². The maximum Gasteiger partial charge on any atom is 0.417 e. The van der Waals surface area contributed by atoms with Crippen molar-refractivity contribution in [1.82, 2.24) is 4.98 Å². The highest BCUT2D eigenvalue weighted by Crippen LogP contribution is 2.36. The summed E-state index contributed by atoms with van der Waals surface area (Å²) in [4.78, 5) is 14.0. The number of aromatic nitrogens is 1. The maximum absolute atomic E-state index is 11.1. The van der Waals surface area contributed by atoms with Crippen molar-refractivity contribution >= 4 is 27.0 Å². The van der Waals surface area contributed by atoms with Crippen LogP contribution in [0.2, 0.25) is 0 Å². The molecule has 2 rings (SSSR count). The van der Waals surface area contributed by atoms with Gasteiger partial charge >= 0.3 is 5.76 Å². The van der Waals surface area contributed by atoms with E-state index in [1.165, 1.54) is 0 Å². The highest BCUT2D eigenvalue weighted by atomic mass is 79.9. The van der Waals surface area contributed by atoms with Gasteiger partial charge in [-0.2, -0.15) is 0 Å². The Bertz CT molecular complexity index is 577. The molecule has 1 N–H and O–H groups in total. The van der Waals surface area contributed by atoms with Crippen LogP contribution in [-0.2, 0) is 0 Å². The monoisotopic (exact) mass is 297 g/mol. The number of H-pyrrole nitrogens is 1. The lowest BCUT2D eigenvalue weighted by Gasteiger charge is -2.22. The topological polar surface area (TPSA) is 46.0 Å². The number of aromatic amines is 1. The first-order chi connectivity index (χ1) is 7.85. The summed E-state index contributed by atoms with van der Waals surface area (Å²) < 4.78 is 5.06. The molecule has 2 aromatic rings. The van der Waals surface area contributed by atoms with Gasteiger partial charge in [0.15, 0.2) is 5.58 Å². The summed E-state index contributed by atoms with van der Waals surface area (Å²) in [5.41, 5.74) is 2.75. The first-order valence-corrected chi connectivity index (χ1v) is 6.53. The van der Waals surface area contributed by atoms with E-state index < -0.39 is 5.76 Å². The van der Waals surface area contributed by atoms with Crippen LogP contribution in [0.3, 0.4) is 0 Å². The van der Waals surface area contributed by atoms with E-state index >= 15 is 0 Å². The van der Waals surface area contributed by atoms with Crippen LogP contribution in [0.4, 0.5) is 0 Å². The number of oxazole rings is 1. The zero-order chi connectivity index (χ0) is 12.6. The molecule has 0 bridgehead atoms. The molecule has 17 heavy (non-hydrogen) atoms. The Balaban J connectivity index is 2.32. The molecule has 1 atom stereocenters. The van der Waals surface area contributed by atoms with Crippen LogP contribution in [0.1, 0.15) is 37.6 Å². The summed E-state index contributed by atoms with van der Waals surface area (Å²) in [6, 6.07) is 5.81. The van der Waals surface area contributed by atoms with Crippen LogP contribution < -0.4 is 5.76 Å². The minimum Gasteiger partial charge on any atom is -0.408 e. The molecule has 0 amide bonds. The number of halogens is 1. The van der Waals surface area contributed by atoms with Crippen molar-refractivity contribution in [2.24, 2.45) is 5.41 Å². The molecule has 0 spiro atoms. The molecule has 1 unspecified atom stereocenters. The van der Waals surface area contributed by atoms with Gasteiger partial charge in [0.1, 0.15) is 0 Å². The quantitative estimate of drug-likeness (QED) is 0.852. The fraction of sp³-hybridized carbons (Fsp3) is 0.462. The Morgan fingerprint density at radius 2 is 2.12 bits per heavy atom. The lowest BCUT2D eigenvalue weighted by atomic mass is 9.88. The highest BCUT2D eigenvalue weighted by Gasteiger charge is 2.18. The fourth-order valence-corrected chi connectivity index (χ4v) is 3.07. The minimum atomic E-state index is -0.404. The molecule has 0 fully saturated rings. The SMILES string of the molecule is CC(C)(C)CC(Br)c1ccc2[nH]c(=O)oc2c1. The van der Waals surface area contributed by atoms with Crippen molar-refractivity contribution in [3.05, 3.63) is 34.3 Å². The molecule has 92 valence electrons. The minimum absolute atomic E-state index is 0.252. The van der Waals surface area contributed by atoms with Gasteiger partial charge in [0.2, 0.25) is 0 Å². The van der Waals surface area contributed by atoms with Gasteiger partial charge < -0.3 is 4.42 Å². The lowest BCUT2D eigenvalue weighted by molar-refractivity contribution is 0.377. The number of alkyl halides is 1. The Morgan fingerprint density at radius 3 is 2.76 bits per heavy atom. The number of hydrogen-bond acceptors (Lipinski definition) is 2. The summed E-state index contributed by atoms with van der Waals surface area (Å²) in [5.74, 6) is -0.404. The first kappa shape index (κ1) is 12.4. The Morgan fingerprint density at radius 1 is 1.41 bits per heavy atom. The van der Waals surface area contributed by atoms with Crippen molar-refractivity contribution in [2.45, 2.75) is 32.0 Å². The smallest absolute Gasteiger partial charge is 0.408 e. The van der Waals surface area contributed by atoms with Crippen LogP contribution in [0.5, 0.6) is 0 Å². The molecule has 0 saturated heterocycles. The standard InChI is InChI=1S/C13H16BrNO2/c1-13(2,3)7-9(14)8-4-5-10-11(6-8)17-12(16)15-10/h4-6,9H,7H2,1-3H3,(H,15,16). The first-order valence-electron chi connectivity index (χ1n) is 5.62. The Hall–Kier alpha value is -1.03. The molecule has 0 radical (unpaired) electrons. The number of nitrogens with one attached hydrogen (secondary N) is 1. The van der Waals surface area contributed by atoms with E-state index in [4.69, 9.17) is 4.42 Å². The van der Waals surface area contributed by atoms with Crippen molar-refractivity contribution in [3.63, 3.8) is 0 Å². The van der Waals surface area contributed by atoms with E-state index in [1.54, 1.807) is 0 Å². The Labute approximate surface area is 108 Å². The zero-order valence-electron chi connectivity index (χ0n) is 10.2. The molecular formula is C13H16BrNO2. The maximum atomic E-state index is 11.1. The third-order valence-electron chi connectivity index (χ3n) is 2.60. The number of rotatable bonds is 2. The predicted octanol–water partition coefficient (Wildman–Crippen LogP) is 3.99. The van der Waals surface area contributed by atoms with E-state index in [1.807, 2.05) is 18.2 Å². The molecular weight excluding hydrogens is 282 g/mol. The van der Waals surface area contributed by atoms with Gasteiger partial charge in [-0.05, 0) is 29.5 Å². The van der Waals surface area contributed by atoms with E-state index in [0.717, 1.165) is 17.5 Å². The summed E-state index contributed by atoms with van der Waals surface area (Å²) >= 11 is 3.68. The van der Waals surface area contributed by atoms with Crippen LogP contribution in [0, 0.1) is 5.41 Å². The predicted molar refractivity (Wildman–Crippen MR) is 72.6 cm³/mol. The molecule has 0 aliphatic rings. The van der Waals surface area contributed by atoms with E-state index in [-0.39, 0.29) is 10.2 Å². The highest BCUT2D eigenvalue weighted by molar-refractivity contribution is 9.09. The van der Waals surface area contributed by atoms with Crippen LogP contribution in [0.25, 0.3) is 11.1 Å². The van der Waals surface area contributed by atoms with Gasteiger partial charge in [0.05, 0.1) is 5.52 Å². The second kappa shape index (κ2) is 4.33. The molecule has 1 aromatic carbocycles. The van der Waals surface area contributed by atoms with Gasteiger partial charge in [0.25, 0.3) is 0 Å². The Kier molecular flexibility index (Phi) is 3.17. The largest absolute Gasteiger partial charge is 0.417 e. The summed E-state index contributed by atoms with van der Waals surface area (Å²) in [7, 11) is 0. The van der Waals surface area contributed by atoms with Crippen LogP contribution in [-0.4, -0.2) is 4.98 Å². The summed E-state index contributed by atoms with van der Waals surface area (Å²) in [6.45, 7) is 6.61. The van der Waals surface area contributed by atoms with E-state index in [2.05, 4.69) is 41.7 Å². The van der Waals surface area contributed by atoms with E-state index in [0.29, 0.717) is 5.58 Å². The van der Waals surface area contributed by atoms with Crippen molar-refractivity contribution in [2.75, 3.05) is 0 Å². The average molecular weight is 298 g/mol. The molecule has 0 saturated carbocycles. The average Bonchev–Trinajstić information content (AvgIpc) is 2.53. The third-order valence-corrected chi connectivity index (χ3v) is 3.45. The molecule has 1 aromatic heterocycles. The van der Waals surface area contributed by atoms with Crippen LogP contribution in [0.15, 0.2) is 27.4 Å². The summed E-state index contributed by atoms with van der Waals surface area (Å²) in [5, 5.41) is 0. The molecule has 0 aliphatic heterocycles. The molecule has 4 heteroatoms. The van der Waals surface area contributed by atoms with Gasteiger partial charge in [-0.25, -0.2) is 4.79 Å². The van der Waals surface area contributed by atoms with Gasteiger partial charge in [-0.1, -0.05) is 42.8 Å². The third kappa shape index (κ3) is 3.00. The number of hydrogen-bond donors (Lipinski definition) is 1. The molecule has 3 nitrogen and oxygen atoms in total. The summed E-state index contributed by atoms with van der Waals surface area (Å²) in [6.07, 6.45) is 1.02. The van der Waals surface area contributed by atoms with Crippen LogP contribution >= 0.6 is 15.9 Å². The van der Waals surface area contributed by atoms with Crippen molar-refractivity contribution in [1.29, 1.82) is 0 Å². The second-order valence-electron chi connectivity index (χ2n) is 5.50. The van der Waals surface area contributed by atoms with Gasteiger partial charge in [-0.15, -0.1) is 0 Å².